The number of nitrogens with one attached hydrogen (secondary N) is 2. The topological polar surface area (TPSA) is 88.5 Å². The fourth-order valence-corrected chi connectivity index (χ4v) is 1.93. The number of aromatic amines is 1. The number of amides is 1. The normalized spacial score (nSPS) is 10.3. The van der Waals surface area contributed by atoms with Crippen molar-refractivity contribution >= 4 is 18.1 Å². The number of aromatic nitrogens is 5. The first kappa shape index (κ1) is 13.1. The van der Waals surface area contributed by atoms with Gasteiger partial charge in [0, 0.05) is 18.0 Å². The fraction of sp³-hybridized carbons (Fsp3) is 0. The molecule has 0 aliphatic carbocycles. The molecule has 0 bridgehead atoms. The Morgan fingerprint density at radius 2 is 2.05 bits per heavy atom. The molecular formula is C13H10N6OS. The van der Waals surface area contributed by atoms with Crippen molar-refractivity contribution in [2.75, 3.05) is 5.43 Å². The van der Waals surface area contributed by atoms with E-state index < -0.39 is 5.91 Å². The van der Waals surface area contributed by atoms with E-state index in [4.69, 9.17) is 12.2 Å². The summed E-state index contributed by atoms with van der Waals surface area (Å²) in [5, 5.41) is 6.79. The summed E-state index contributed by atoms with van der Waals surface area (Å²) in [5.74, 6) is 0.0932. The molecular weight excluding hydrogens is 288 g/mol. The van der Waals surface area contributed by atoms with E-state index in [9.17, 15) is 4.79 Å². The molecule has 0 saturated carbocycles. The van der Waals surface area contributed by atoms with Gasteiger partial charge in [0.05, 0.1) is 6.20 Å². The summed E-state index contributed by atoms with van der Waals surface area (Å²) in [5.41, 5.74) is 3.67. The number of benzene rings is 1. The van der Waals surface area contributed by atoms with Crippen LogP contribution in [0.4, 0.5) is 0 Å². The van der Waals surface area contributed by atoms with Crippen LogP contribution in [0.1, 0.15) is 10.5 Å². The smallest absolute Gasteiger partial charge is 0.266 e. The molecule has 2 N–H and O–H groups in total. The molecule has 104 valence electrons. The Balaban J connectivity index is 1.95. The highest BCUT2D eigenvalue weighted by Crippen LogP contribution is 2.15. The molecule has 2 heterocycles. The van der Waals surface area contributed by atoms with Crippen molar-refractivity contribution in [1.29, 1.82) is 0 Å². The van der Waals surface area contributed by atoms with Crippen LogP contribution in [0.5, 0.6) is 0 Å². The van der Waals surface area contributed by atoms with Crippen molar-refractivity contribution in [3.8, 4) is 11.4 Å². The molecule has 3 rings (SSSR count). The summed E-state index contributed by atoms with van der Waals surface area (Å²) in [6.45, 7) is 0. The molecule has 0 fully saturated rings. The van der Waals surface area contributed by atoms with E-state index in [2.05, 4.69) is 25.6 Å². The van der Waals surface area contributed by atoms with Crippen LogP contribution < -0.4 is 5.43 Å². The van der Waals surface area contributed by atoms with Gasteiger partial charge in [-0.3, -0.25) is 15.2 Å². The Kier molecular flexibility index (Phi) is 3.52. The quantitative estimate of drug-likeness (QED) is 0.720. The number of H-pyrrole nitrogens is 1. The molecule has 0 unspecified atom stereocenters. The zero-order chi connectivity index (χ0) is 14.7. The third-order valence-corrected chi connectivity index (χ3v) is 2.99. The van der Waals surface area contributed by atoms with Gasteiger partial charge in [-0.25, -0.2) is 14.8 Å². The van der Waals surface area contributed by atoms with Gasteiger partial charge in [0.2, 0.25) is 4.77 Å². The van der Waals surface area contributed by atoms with Gasteiger partial charge in [-0.05, 0) is 12.2 Å². The predicted molar refractivity (Wildman–Crippen MR) is 78.6 cm³/mol. The van der Waals surface area contributed by atoms with E-state index >= 15 is 0 Å². The minimum Gasteiger partial charge on any atom is -0.266 e. The number of hydrogen-bond acceptors (Lipinski definition) is 5. The lowest BCUT2D eigenvalue weighted by atomic mass is 10.2. The molecule has 1 aromatic carbocycles. The molecule has 0 saturated heterocycles. The summed E-state index contributed by atoms with van der Waals surface area (Å²) in [6, 6.07) is 9.39. The zero-order valence-electron chi connectivity index (χ0n) is 10.7. The van der Waals surface area contributed by atoms with Crippen LogP contribution in [0, 0.1) is 4.77 Å². The van der Waals surface area contributed by atoms with Crippen LogP contribution in [0.3, 0.4) is 0 Å². The number of carbonyl (C=O) groups is 1. The Labute approximate surface area is 124 Å². The predicted octanol–water partition coefficient (Wildman–Crippen LogP) is 1.78. The highest BCUT2D eigenvalue weighted by molar-refractivity contribution is 7.71. The molecule has 2 aromatic heterocycles. The molecule has 21 heavy (non-hydrogen) atoms. The third kappa shape index (κ3) is 2.70. The van der Waals surface area contributed by atoms with Crippen LogP contribution in [-0.4, -0.2) is 30.7 Å². The van der Waals surface area contributed by atoms with Gasteiger partial charge in [-0.1, -0.05) is 30.3 Å². The number of nitrogens with zero attached hydrogens (tertiary/aromatic N) is 4. The van der Waals surface area contributed by atoms with Crippen molar-refractivity contribution in [1.82, 2.24) is 24.8 Å². The van der Waals surface area contributed by atoms with Gasteiger partial charge in [0.25, 0.3) is 5.91 Å². The molecule has 8 heteroatoms. The first-order chi connectivity index (χ1) is 10.3. The lowest BCUT2D eigenvalue weighted by Crippen LogP contribution is -2.24. The van der Waals surface area contributed by atoms with E-state index in [0.29, 0.717) is 5.82 Å². The van der Waals surface area contributed by atoms with Crippen LogP contribution in [0.15, 0.2) is 48.9 Å². The second-order valence-corrected chi connectivity index (χ2v) is 4.47. The van der Waals surface area contributed by atoms with Gasteiger partial charge >= 0.3 is 0 Å². The lowest BCUT2D eigenvalue weighted by molar-refractivity contribution is 0.100. The zero-order valence-corrected chi connectivity index (χ0v) is 11.5. The van der Waals surface area contributed by atoms with Gasteiger partial charge in [-0.15, -0.1) is 0 Å². The summed E-state index contributed by atoms with van der Waals surface area (Å²) in [7, 11) is 0. The summed E-state index contributed by atoms with van der Waals surface area (Å²) >= 11 is 5.14. The van der Waals surface area contributed by atoms with E-state index in [0.717, 1.165) is 5.56 Å². The maximum Gasteiger partial charge on any atom is 0.290 e. The van der Waals surface area contributed by atoms with Gasteiger partial charge in [-0.2, -0.15) is 5.10 Å². The van der Waals surface area contributed by atoms with Crippen molar-refractivity contribution in [3.63, 3.8) is 0 Å². The molecule has 1 amide bonds. The molecule has 3 aromatic rings. The van der Waals surface area contributed by atoms with Gasteiger partial charge in [0.15, 0.2) is 5.82 Å². The SMILES string of the molecule is O=C(Nn1c(-c2ccccc2)n[nH]c1=S)c1cnccn1. The number of hydrogen-bond donors (Lipinski definition) is 2. The van der Waals surface area contributed by atoms with Crippen molar-refractivity contribution in [2.45, 2.75) is 0 Å². The second-order valence-electron chi connectivity index (χ2n) is 4.09. The van der Waals surface area contributed by atoms with Crippen molar-refractivity contribution < 1.29 is 4.79 Å². The molecule has 0 aliphatic rings. The molecule has 0 atom stereocenters. The second kappa shape index (κ2) is 5.63. The lowest BCUT2D eigenvalue weighted by Gasteiger charge is -2.08. The Morgan fingerprint density at radius 3 is 2.76 bits per heavy atom. The Morgan fingerprint density at radius 1 is 1.24 bits per heavy atom. The monoisotopic (exact) mass is 298 g/mol. The van der Waals surface area contributed by atoms with Gasteiger partial charge in [0.1, 0.15) is 5.69 Å². The molecule has 0 aliphatic heterocycles. The summed E-state index contributed by atoms with van der Waals surface area (Å²) in [6.07, 6.45) is 4.32. The fourth-order valence-electron chi connectivity index (χ4n) is 1.76. The molecule has 7 nitrogen and oxygen atoms in total. The van der Waals surface area contributed by atoms with Crippen molar-refractivity contribution in [3.05, 3.63) is 59.4 Å². The highest BCUT2D eigenvalue weighted by Gasteiger charge is 2.13. The van der Waals surface area contributed by atoms with Crippen LogP contribution >= 0.6 is 12.2 Å². The van der Waals surface area contributed by atoms with E-state index in [1.165, 1.54) is 23.3 Å². The molecule has 0 radical (unpaired) electrons. The first-order valence-electron chi connectivity index (χ1n) is 6.06. The Hall–Kier alpha value is -2.87. The minimum atomic E-state index is -0.419. The highest BCUT2D eigenvalue weighted by atomic mass is 32.1. The van der Waals surface area contributed by atoms with Crippen LogP contribution in [-0.2, 0) is 0 Å². The largest absolute Gasteiger partial charge is 0.290 e. The van der Waals surface area contributed by atoms with Gasteiger partial charge < -0.3 is 0 Å². The van der Waals surface area contributed by atoms with Crippen molar-refractivity contribution in [2.24, 2.45) is 0 Å². The first-order valence-corrected chi connectivity index (χ1v) is 6.47. The number of rotatable bonds is 3. The van der Waals surface area contributed by atoms with E-state index in [-0.39, 0.29) is 10.5 Å². The third-order valence-electron chi connectivity index (χ3n) is 2.71. The minimum absolute atomic E-state index is 0.194. The Bertz CT molecular complexity index is 811. The average molecular weight is 298 g/mol. The summed E-state index contributed by atoms with van der Waals surface area (Å²) in [4.78, 5) is 19.9. The summed E-state index contributed by atoms with van der Waals surface area (Å²) < 4.78 is 1.69. The standard InChI is InChI=1S/C13H10N6OS/c20-12(10-8-14-6-7-15-10)18-19-11(16-17-13(19)21)9-4-2-1-3-5-9/h1-8H,(H,17,21)(H,18,20). The van der Waals surface area contributed by atoms with Crippen LogP contribution in [0.2, 0.25) is 0 Å². The number of carbonyl (C=O) groups excluding carboxylic acids is 1. The van der Waals surface area contributed by atoms with E-state index in [1.807, 2.05) is 30.3 Å². The van der Waals surface area contributed by atoms with E-state index in [1.54, 1.807) is 0 Å². The maximum atomic E-state index is 12.1. The maximum absolute atomic E-state index is 12.1. The molecule has 0 spiro atoms. The average Bonchev–Trinajstić information content (AvgIpc) is 2.90. The van der Waals surface area contributed by atoms with Crippen LogP contribution in [0.25, 0.3) is 11.4 Å².